The number of halogens is 1. The molecule has 3 N–H and O–H groups in total. The van der Waals surface area contributed by atoms with Crippen molar-refractivity contribution in [3.63, 3.8) is 0 Å². The summed E-state index contributed by atoms with van der Waals surface area (Å²) in [5.74, 6) is -2.58. The van der Waals surface area contributed by atoms with E-state index in [0.29, 0.717) is 22.5 Å². The number of carbonyl (C=O) groups is 1. The van der Waals surface area contributed by atoms with Gasteiger partial charge in [-0.25, -0.2) is 14.5 Å². The van der Waals surface area contributed by atoms with Crippen molar-refractivity contribution in [1.29, 1.82) is 0 Å². The lowest BCUT2D eigenvalue weighted by Gasteiger charge is -2.27. The van der Waals surface area contributed by atoms with Gasteiger partial charge in [0.15, 0.2) is 17.0 Å². The van der Waals surface area contributed by atoms with Gasteiger partial charge < -0.3 is 24.6 Å². The molecule has 1 unspecified atom stereocenters. The van der Waals surface area contributed by atoms with E-state index in [1.54, 1.807) is 47.6 Å². The van der Waals surface area contributed by atoms with Gasteiger partial charge >= 0.3 is 5.97 Å². The van der Waals surface area contributed by atoms with Crippen LogP contribution in [0.15, 0.2) is 36.7 Å². The molecule has 1 aromatic carbocycles. The third-order valence-corrected chi connectivity index (χ3v) is 8.49. The van der Waals surface area contributed by atoms with Crippen molar-refractivity contribution < 1.29 is 27.7 Å². The van der Waals surface area contributed by atoms with Crippen LogP contribution in [-0.4, -0.2) is 64.2 Å². The van der Waals surface area contributed by atoms with Crippen molar-refractivity contribution >= 4 is 36.4 Å². The molecule has 0 radical (unpaired) electrons. The Kier molecular flexibility index (Phi) is 8.79. The second-order valence-corrected chi connectivity index (χ2v) is 12.8. The standard InChI is InChI=1S/C26H37FN7O5P/c1-16(2)38-24(35)18(4)32-40(36,13-19-10-8-7-9-11-19)37-14-26(27)12-17(3)23(39-26)34-15-29-20-21(33(5)6)30-25(28)31-22(20)34/h7-11,15-18,23H,12-14H2,1-6H3,(H,32,36)(H2,28,30,31)/t17-,18+,23+,26-,40?/m0/s1. The summed E-state index contributed by atoms with van der Waals surface area (Å²) < 4.78 is 48.6. The first kappa shape index (κ1) is 29.9. The van der Waals surface area contributed by atoms with Gasteiger partial charge in [-0.1, -0.05) is 37.3 Å². The molecule has 14 heteroatoms. The number of alkyl halides is 1. The first-order valence-corrected chi connectivity index (χ1v) is 14.9. The average Bonchev–Trinajstić information content (AvgIpc) is 3.42. The number of rotatable bonds is 11. The molecule has 1 aliphatic rings. The molecular weight excluding hydrogens is 540 g/mol. The number of nitrogens with zero attached hydrogens (tertiary/aromatic N) is 5. The highest BCUT2D eigenvalue weighted by atomic mass is 31.2. The maximum Gasteiger partial charge on any atom is 0.323 e. The van der Waals surface area contributed by atoms with Gasteiger partial charge in [-0.05, 0) is 26.3 Å². The molecule has 0 bridgehead atoms. The summed E-state index contributed by atoms with van der Waals surface area (Å²) in [4.78, 5) is 27.2. The molecule has 0 amide bonds. The molecule has 1 fully saturated rings. The molecule has 0 spiro atoms. The minimum atomic E-state index is -3.79. The zero-order valence-electron chi connectivity index (χ0n) is 23.6. The lowest BCUT2D eigenvalue weighted by Crippen LogP contribution is -2.37. The number of hydrogen-bond acceptors (Lipinski definition) is 10. The van der Waals surface area contributed by atoms with Crippen LogP contribution in [0.5, 0.6) is 0 Å². The van der Waals surface area contributed by atoms with E-state index in [0.717, 1.165) is 0 Å². The Morgan fingerprint density at radius 1 is 1.30 bits per heavy atom. The summed E-state index contributed by atoms with van der Waals surface area (Å²) in [7, 11) is -0.166. The molecule has 1 aliphatic heterocycles. The molecular formula is C26H37FN7O5P. The Balaban J connectivity index is 1.54. The Morgan fingerprint density at radius 3 is 2.65 bits per heavy atom. The maximum atomic E-state index is 16.1. The van der Waals surface area contributed by atoms with Crippen LogP contribution < -0.4 is 15.7 Å². The molecule has 1 saturated heterocycles. The summed E-state index contributed by atoms with van der Waals surface area (Å²) in [6.45, 7) is 6.18. The van der Waals surface area contributed by atoms with Gasteiger partial charge in [0.05, 0.1) is 18.6 Å². The van der Waals surface area contributed by atoms with Crippen molar-refractivity contribution in [2.45, 2.75) is 64.5 Å². The lowest BCUT2D eigenvalue weighted by molar-refractivity contribution is -0.172. The van der Waals surface area contributed by atoms with E-state index in [2.05, 4.69) is 20.0 Å². The fourth-order valence-corrected chi connectivity index (χ4v) is 6.68. The smallest absolute Gasteiger partial charge is 0.323 e. The van der Waals surface area contributed by atoms with E-state index in [9.17, 15) is 9.36 Å². The van der Waals surface area contributed by atoms with Gasteiger partial charge in [-0.15, -0.1) is 0 Å². The van der Waals surface area contributed by atoms with Crippen LogP contribution in [-0.2, 0) is 29.5 Å². The highest BCUT2D eigenvalue weighted by Crippen LogP contribution is 2.50. The number of benzene rings is 1. The number of aromatic nitrogens is 4. The minimum Gasteiger partial charge on any atom is -0.462 e. The second-order valence-electron chi connectivity index (χ2n) is 10.6. The number of carbonyl (C=O) groups excluding carboxylic acids is 1. The Bertz CT molecular complexity index is 1390. The van der Waals surface area contributed by atoms with Gasteiger partial charge in [0.25, 0.3) is 7.52 Å². The van der Waals surface area contributed by atoms with Crippen molar-refractivity contribution in [3.8, 4) is 0 Å². The van der Waals surface area contributed by atoms with Gasteiger partial charge in [0, 0.05) is 26.4 Å². The summed E-state index contributed by atoms with van der Waals surface area (Å²) >= 11 is 0. The predicted octanol–water partition coefficient (Wildman–Crippen LogP) is 4.03. The van der Waals surface area contributed by atoms with Crippen LogP contribution in [0.2, 0.25) is 0 Å². The number of imidazole rings is 1. The molecule has 40 heavy (non-hydrogen) atoms. The zero-order valence-corrected chi connectivity index (χ0v) is 24.5. The Labute approximate surface area is 232 Å². The van der Waals surface area contributed by atoms with Crippen molar-refractivity contribution in [2.75, 3.05) is 31.3 Å². The largest absolute Gasteiger partial charge is 0.462 e. The number of esters is 1. The molecule has 5 atom stereocenters. The number of hydrogen-bond donors (Lipinski definition) is 2. The highest BCUT2D eigenvalue weighted by Gasteiger charge is 2.48. The fraction of sp³-hybridized carbons (Fsp3) is 0.538. The Morgan fingerprint density at radius 2 is 2.00 bits per heavy atom. The van der Waals surface area contributed by atoms with Gasteiger partial charge in [-0.3, -0.25) is 13.9 Å². The van der Waals surface area contributed by atoms with E-state index in [1.165, 1.54) is 13.3 Å². The van der Waals surface area contributed by atoms with Crippen LogP contribution in [0, 0.1) is 5.92 Å². The van der Waals surface area contributed by atoms with Gasteiger partial charge in [-0.2, -0.15) is 9.97 Å². The van der Waals surface area contributed by atoms with E-state index < -0.39 is 38.2 Å². The second kappa shape index (κ2) is 11.8. The number of nitrogens with two attached hydrogens (primary N) is 1. The third kappa shape index (κ3) is 6.77. The van der Waals surface area contributed by atoms with E-state index >= 15 is 4.39 Å². The number of anilines is 2. The van der Waals surface area contributed by atoms with E-state index in [1.807, 2.05) is 27.1 Å². The van der Waals surface area contributed by atoms with Crippen LogP contribution in [0.1, 0.15) is 45.9 Å². The molecule has 12 nitrogen and oxygen atoms in total. The minimum absolute atomic E-state index is 0.0330. The van der Waals surface area contributed by atoms with Crippen LogP contribution in [0.3, 0.4) is 0 Å². The summed E-state index contributed by atoms with van der Waals surface area (Å²) in [5.41, 5.74) is 7.54. The number of nitrogen functional groups attached to an aromatic ring is 1. The average molecular weight is 578 g/mol. The Hall–Kier alpha value is -3.12. The third-order valence-electron chi connectivity index (χ3n) is 6.38. The molecule has 2 aromatic heterocycles. The highest BCUT2D eigenvalue weighted by molar-refractivity contribution is 7.56. The summed E-state index contributed by atoms with van der Waals surface area (Å²) in [6, 6.07) is 8.04. The van der Waals surface area contributed by atoms with Crippen LogP contribution >= 0.6 is 7.52 Å². The normalized spacial score (nSPS) is 23.3. The van der Waals surface area contributed by atoms with Gasteiger partial charge in [0.1, 0.15) is 18.9 Å². The number of ether oxygens (including phenoxy) is 2. The predicted molar refractivity (Wildman–Crippen MR) is 149 cm³/mol. The van der Waals surface area contributed by atoms with Crippen LogP contribution in [0.25, 0.3) is 11.2 Å². The zero-order chi connectivity index (χ0) is 29.2. The summed E-state index contributed by atoms with van der Waals surface area (Å²) in [5, 5.41) is 2.77. The SMILES string of the molecule is CC(C)OC(=O)[C@@H](C)NP(=O)(Cc1ccccc1)OC[C@]1(F)C[C@H](C)[C@H](n2cnc3c(N(C)C)nc(N)nc32)O1. The lowest BCUT2D eigenvalue weighted by atomic mass is 10.1. The van der Waals surface area contributed by atoms with E-state index in [4.69, 9.17) is 19.7 Å². The monoisotopic (exact) mass is 577 g/mol. The van der Waals surface area contributed by atoms with Crippen molar-refractivity contribution in [3.05, 3.63) is 42.2 Å². The molecule has 3 heterocycles. The molecule has 218 valence electrons. The van der Waals surface area contributed by atoms with Gasteiger partial charge in [0.2, 0.25) is 11.8 Å². The van der Waals surface area contributed by atoms with Crippen LogP contribution in [0.4, 0.5) is 16.2 Å². The molecule has 0 aliphatic carbocycles. The molecule has 4 rings (SSSR count). The first-order chi connectivity index (χ1) is 18.8. The fourth-order valence-electron chi connectivity index (χ4n) is 4.64. The van der Waals surface area contributed by atoms with Crippen molar-refractivity contribution in [2.24, 2.45) is 5.92 Å². The maximum absolute atomic E-state index is 16.1. The quantitative estimate of drug-likeness (QED) is 0.251. The topological polar surface area (TPSA) is 147 Å². The van der Waals surface area contributed by atoms with E-state index in [-0.39, 0.29) is 30.6 Å². The first-order valence-electron chi connectivity index (χ1n) is 13.1. The number of nitrogens with one attached hydrogen (secondary N) is 1. The molecule has 3 aromatic rings. The van der Waals surface area contributed by atoms with Crippen molar-refractivity contribution in [1.82, 2.24) is 24.6 Å². The number of fused-ring (bicyclic) bond motifs is 1. The summed E-state index contributed by atoms with van der Waals surface area (Å²) in [6.07, 6.45) is 0.305. The molecule has 0 saturated carbocycles.